The van der Waals surface area contributed by atoms with E-state index in [2.05, 4.69) is 17.4 Å². The minimum atomic E-state index is -0.796. The van der Waals surface area contributed by atoms with Crippen LogP contribution in [0.2, 0.25) is 0 Å². The van der Waals surface area contributed by atoms with E-state index in [1.165, 1.54) is 0 Å². The van der Waals surface area contributed by atoms with E-state index < -0.39 is 11.4 Å². The standard InChI is InChI=1S/C13H24N4O3/c1-3-13(11(18)19)4-5-16(10-13)12(20)14-17-8-6-15(2)7-9-17/h3-10H2,1-2H3,(H,14,20)(H,18,19). The number of carbonyl (C=O) groups excluding carboxylic acids is 1. The van der Waals surface area contributed by atoms with Gasteiger partial charge in [-0.15, -0.1) is 0 Å². The summed E-state index contributed by atoms with van der Waals surface area (Å²) in [6.45, 7) is 6.14. The average molecular weight is 284 g/mol. The Balaban J connectivity index is 1.87. The molecule has 0 bridgehead atoms. The molecule has 1 unspecified atom stereocenters. The normalized spacial score (nSPS) is 28.6. The number of hydrazine groups is 1. The molecule has 0 radical (unpaired) electrons. The number of carboxylic acid groups (broad SMARTS) is 1. The van der Waals surface area contributed by atoms with E-state index in [1.807, 2.05) is 11.9 Å². The molecule has 2 aliphatic heterocycles. The Hall–Kier alpha value is -1.34. The molecule has 0 aromatic rings. The number of nitrogens with one attached hydrogen (secondary N) is 1. The Morgan fingerprint density at radius 1 is 1.20 bits per heavy atom. The third-order valence-electron chi connectivity index (χ3n) is 4.53. The molecule has 114 valence electrons. The van der Waals surface area contributed by atoms with Crippen LogP contribution in [0.25, 0.3) is 0 Å². The number of hydrogen-bond acceptors (Lipinski definition) is 4. The number of urea groups is 1. The van der Waals surface area contributed by atoms with Crippen LogP contribution in [0.5, 0.6) is 0 Å². The van der Waals surface area contributed by atoms with Crippen molar-refractivity contribution in [2.75, 3.05) is 46.3 Å². The van der Waals surface area contributed by atoms with Crippen LogP contribution >= 0.6 is 0 Å². The molecular formula is C13H24N4O3. The number of piperazine rings is 1. The molecule has 0 spiro atoms. The molecule has 2 rings (SSSR count). The van der Waals surface area contributed by atoms with Crippen LogP contribution in [0.15, 0.2) is 0 Å². The van der Waals surface area contributed by atoms with Gasteiger partial charge >= 0.3 is 12.0 Å². The van der Waals surface area contributed by atoms with E-state index in [9.17, 15) is 14.7 Å². The summed E-state index contributed by atoms with van der Waals surface area (Å²) in [4.78, 5) is 27.4. The van der Waals surface area contributed by atoms with Gasteiger partial charge in [0.15, 0.2) is 0 Å². The fourth-order valence-electron chi connectivity index (χ4n) is 2.78. The Morgan fingerprint density at radius 2 is 1.85 bits per heavy atom. The minimum absolute atomic E-state index is 0.175. The molecule has 0 aromatic heterocycles. The zero-order valence-corrected chi connectivity index (χ0v) is 12.3. The van der Waals surface area contributed by atoms with E-state index in [1.54, 1.807) is 4.90 Å². The number of likely N-dealkylation sites (N-methyl/N-ethyl adjacent to an activating group) is 1. The lowest BCUT2D eigenvalue weighted by atomic mass is 9.84. The van der Waals surface area contributed by atoms with E-state index in [0.29, 0.717) is 25.9 Å². The van der Waals surface area contributed by atoms with Gasteiger partial charge in [0.05, 0.1) is 5.41 Å². The first-order valence-electron chi connectivity index (χ1n) is 7.19. The number of hydrogen-bond donors (Lipinski definition) is 2. The van der Waals surface area contributed by atoms with Crippen molar-refractivity contribution >= 4 is 12.0 Å². The second-order valence-electron chi connectivity index (χ2n) is 5.82. The SMILES string of the molecule is CCC1(C(=O)O)CCN(C(=O)NN2CCN(C)CC2)C1. The molecule has 2 N–H and O–H groups in total. The maximum atomic E-state index is 12.2. The first-order valence-corrected chi connectivity index (χ1v) is 7.19. The fraction of sp³-hybridized carbons (Fsp3) is 0.846. The van der Waals surface area contributed by atoms with Crippen LogP contribution in [0.4, 0.5) is 4.79 Å². The highest BCUT2D eigenvalue weighted by Crippen LogP contribution is 2.34. The Morgan fingerprint density at radius 3 is 2.35 bits per heavy atom. The van der Waals surface area contributed by atoms with Gasteiger partial charge in [0, 0.05) is 39.3 Å². The van der Waals surface area contributed by atoms with Crippen molar-refractivity contribution < 1.29 is 14.7 Å². The van der Waals surface area contributed by atoms with Gasteiger partial charge in [0.2, 0.25) is 0 Å². The van der Waals surface area contributed by atoms with Gasteiger partial charge < -0.3 is 14.9 Å². The number of rotatable bonds is 3. The Bertz CT molecular complexity index is 382. The number of carboxylic acids is 1. The van der Waals surface area contributed by atoms with Crippen LogP contribution in [-0.4, -0.2) is 78.2 Å². The van der Waals surface area contributed by atoms with Crippen molar-refractivity contribution in [3.8, 4) is 0 Å². The molecule has 2 amide bonds. The van der Waals surface area contributed by atoms with Gasteiger partial charge in [0.1, 0.15) is 0 Å². The summed E-state index contributed by atoms with van der Waals surface area (Å²) in [5.41, 5.74) is 2.12. The third-order valence-corrected chi connectivity index (χ3v) is 4.53. The summed E-state index contributed by atoms with van der Waals surface area (Å²) < 4.78 is 0. The van der Waals surface area contributed by atoms with Gasteiger partial charge in [-0.1, -0.05) is 6.92 Å². The first kappa shape index (κ1) is 15.1. The van der Waals surface area contributed by atoms with E-state index in [-0.39, 0.29) is 6.03 Å². The number of nitrogens with zero attached hydrogens (tertiary/aromatic N) is 3. The molecule has 7 nitrogen and oxygen atoms in total. The molecule has 7 heteroatoms. The minimum Gasteiger partial charge on any atom is -0.481 e. The lowest BCUT2D eigenvalue weighted by Crippen LogP contribution is -2.55. The van der Waals surface area contributed by atoms with Crippen LogP contribution in [0.1, 0.15) is 19.8 Å². The second kappa shape index (κ2) is 5.97. The van der Waals surface area contributed by atoms with E-state index >= 15 is 0 Å². The summed E-state index contributed by atoms with van der Waals surface area (Å²) in [7, 11) is 2.06. The predicted molar refractivity (Wildman–Crippen MR) is 74.2 cm³/mol. The van der Waals surface area contributed by atoms with Crippen molar-refractivity contribution in [1.82, 2.24) is 20.2 Å². The van der Waals surface area contributed by atoms with Gasteiger partial charge in [-0.3, -0.25) is 10.2 Å². The number of carbonyl (C=O) groups is 2. The summed E-state index contributed by atoms with van der Waals surface area (Å²) >= 11 is 0. The highest BCUT2D eigenvalue weighted by molar-refractivity contribution is 5.79. The Kier molecular flexibility index (Phi) is 4.49. The van der Waals surface area contributed by atoms with E-state index in [0.717, 1.165) is 26.2 Å². The number of aliphatic carboxylic acids is 1. The maximum Gasteiger partial charge on any atom is 0.331 e. The third kappa shape index (κ3) is 3.04. The molecular weight excluding hydrogens is 260 g/mol. The molecule has 20 heavy (non-hydrogen) atoms. The molecule has 0 saturated carbocycles. The molecule has 0 aliphatic carbocycles. The lowest BCUT2D eigenvalue weighted by Gasteiger charge is -2.33. The van der Waals surface area contributed by atoms with Gasteiger partial charge in [-0.2, -0.15) is 0 Å². The summed E-state index contributed by atoms with van der Waals surface area (Å²) in [6, 6.07) is -0.175. The van der Waals surface area contributed by atoms with Crippen molar-refractivity contribution in [2.24, 2.45) is 5.41 Å². The van der Waals surface area contributed by atoms with Crippen LogP contribution < -0.4 is 5.43 Å². The summed E-state index contributed by atoms with van der Waals surface area (Å²) in [6.07, 6.45) is 1.09. The highest BCUT2D eigenvalue weighted by atomic mass is 16.4. The summed E-state index contributed by atoms with van der Waals surface area (Å²) in [5.74, 6) is -0.796. The predicted octanol–water partition coefficient (Wildman–Crippen LogP) is 0.0451. The zero-order valence-electron chi connectivity index (χ0n) is 12.3. The Labute approximate surface area is 119 Å². The fourth-order valence-corrected chi connectivity index (χ4v) is 2.78. The average Bonchev–Trinajstić information content (AvgIpc) is 2.87. The molecule has 2 aliphatic rings. The van der Waals surface area contributed by atoms with Gasteiger partial charge in [-0.05, 0) is 19.9 Å². The first-order chi connectivity index (χ1) is 9.47. The van der Waals surface area contributed by atoms with E-state index in [4.69, 9.17) is 0 Å². The topological polar surface area (TPSA) is 76.1 Å². The zero-order chi connectivity index (χ0) is 14.8. The monoisotopic (exact) mass is 284 g/mol. The molecule has 1 atom stereocenters. The van der Waals surface area contributed by atoms with Crippen LogP contribution in [0.3, 0.4) is 0 Å². The number of amides is 2. The maximum absolute atomic E-state index is 12.2. The summed E-state index contributed by atoms with van der Waals surface area (Å²) in [5, 5.41) is 11.3. The van der Waals surface area contributed by atoms with Gasteiger partial charge in [0.25, 0.3) is 0 Å². The molecule has 0 aromatic carbocycles. The van der Waals surface area contributed by atoms with Crippen molar-refractivity contribution in [3.63, 3.8) is 0 Å². The number of likely N-dealkylation sites (tertiary alicyclic amines) is 1. The molecule has 2 heterocycles. The van der Waals surface area contributed by atoms with Crippen molar-refractivity contribution in [2.45, 2.75) is 19.8 Å². The highest BCUT2D eigenvalue weighted by Gasteiger charge is 2.45. The van der Waals surface area contributed by atoms with Crippen LogP contribution in [-0.2, 0) is 4.79 Å². The quantitative estimate of drug-likeness (QED) is 0.765. The van der Waals surface area contributed by atoms with Crippen molar-refractivity contribution in [1.29, 1.82) is 0 Å². The van der Waals surface area contributed by atoms with Crippen molar-refractivity contribution in [3.05, 3.63) is 0 Å². The van der Waals surface area contributed by atoms with Crippen LogP contribution in [0, 0.1) is 5.41 Å². The molecule has 2 saturated heterocycles. The lowest BCUT2D eigenvalue weighted by molar-refractivity contribution is -0.148. The largest absolute Gasteiger partial charge is 0.481 e. The molecule has 2 fully saturated rings. The van der Waals surface area contributed by atoms with Gasteiger partial charge in [-0.25, -0.2) is 9.80 Å². The smallest absolute Gasteiger partial charge is 0.331 e. The second-order valence-corrected chi connectivity index (χ2v) is 5.82.